The zero-order valence-electron chi connectivity index (χ0n) is 17.3. The van der Waals surface area contributed by atoms with Crippen molar-refractivity contribution in [3.05, 3.63) is 96.6 Å². The van der Waals surface area contributed by atoms with Gasteiger partial charge in [-0.1, -0.05) is 112 Å². The van der Waals surface area contributed by atoms with Crippen LogP contribution in [0.25, 0.3) is 0 Å². The lowest BCUT2D eigenvalue weighted by Gasteiger charge is -2.04. The van der Waals surface area contributed by atoms with Gasteiger partial charge in [0.05, 0.1) is 0 Å². The lowest BCUT2D eigenvalue weighted by molar-refractivity contribution is 0.589. The van der Waals surface area contributed by atoms with Gasteiger partial charge in [-0.25, -0.2) is 0 Å². The quantitative estimate of drug-likeness (QED) is 0.352. The molecule has 3 rings (SSSR count). The van der Waals surface area contributed by atoms with Gasteiger partial charge in [0.2, 0.25) is 0 Å². The van der Waals surface area contributed by atoms with Crippen LogP contribution >= 0.6 is 0 Å². The van der Waals surface area contributed by atoms with Gasteiger partial charge < -0.3 is 5.32 Å². The van der Waals surface area contributed by atoms with Crippen LogP contribution in [0.4, 0.5) is 11.4 Å². The SMILES string of the molecule is CCCCCCCCCc1ccccc1.c1ccc(Nc2ccccc2)cc1. The fourth-order valence-electron chi connectivity index (χ4n) is 3.14. The van der Waals surface area contributed by atoms with Crippen molar-refractivity contribution in [2.45, 2.75) is 58.3 Å². The summed E-state index contributed by atoms with van der Waals surface area (Å²) in [6.45, 7) is 2.27. The Morgan fingerprint density at radius 3 is 1.43 bits per heavy atom. The third kappa shape index (κ3) is 9.97. The first kappa shape index (κ1) is 21.8. The fraction of sp³-hybridized carbons (Fsp3) is 0.333. The molecule has 0 aliphatic heterocycles. The second-order valence-electron chi connectivity index (χ2n) is 7.21. The minimum atomic E-state index is 1.12. The summed E-state index contributed by atoms with van der Waals surface area (Å²) in [7, 11) is 0. The van der Waals surface area contributed by atoms with Crippen molar-refractivity contribution < 1.29 is 0 Å². The second kappa shape index (κ2) is 14.5. The molecular weight excluding hydrogens is 338 g/mol. The lowest BCUT2D eigenvalue weighted by atomic mass is 10.0. The third-order valence-corrected chi connectivity index (χ3v) is 4.75. The molecule has 0 aromatic heterocycles. The maximum Gasteiger partial charge on any atom is 0.0384 e. The summed E-state index contributed by atoms with van der Waals surface area (Å²) in [6.07, 6.45) is 11.1. The van der Waals surface area contributed by atoms with Crippen molar-refractivity contribution in [2.75, 3.05) is 5.32 Å². The van der Waals surface area contributed by atoms with Crippen LogP contribution in [0.1, 0.15) is 57.4 Å². The molecule has 3 aromatic carbocycles. The van der Waals surface area contributed by atoms with E-state index in [2.05, 4.69) is 42.6 Å². The number of hydrogen-bond donors (Lipinski definition) is 1. The van der Waals surface area contributed by atoms with E-state index in [9.17, 15) is 0 Å². The number of rotatable bonds is 10. The van der Waals surface area contributed by atoms with E-state index in [1.807, 2.05) is 60.7 Å². The first-order chi connectivity index (χ1) is 13.9. The monoisotopic (exact) mass is 373 g/mol. The van der Waals surface area contributed by atoms with Gasteiger partial charge in [0, 0.05) is 11.4 Å². The van der Waals surface area contributed by atoms with Gasteiger partial charge in [0.15, 0.2) is 0 Å². The molecule has 148 valence electrons. The Morgan fingerprint density at radius 2 is 0.929 bits per heavy atom. The number of aryl methyl sites for hydroxylation is 1. The Hall–Kier alpha value is -2.54. The Labute approximate surface area is 171 Å². The van der Waals surface area contributed by atoms with E-state index in [0.717, 1.165) is 11.4 Å². The first-order valence-corrected chi connectivity index (χ1v) is 10.8. The minimum Gasteiger partial charge on any atom is -0.356 e. The highest BCUT2D eigenvalue weighted by molar-refractivity contribution is 5.58. The molecule has 1 heteroatoms. The largest absolute Gasteiger partial charge is 0.356 e. The maximum atomic E-state index is 3.30. The molecule has 3 aromatic rings. The van der Waals surface area contributed by atoms with Crippen molar-refractivity contribution in [1.29, 1.82) is 0 Å². The molecule has 0 saturated carbocycles. The van der Waals surface area contributed by atoms with Crippen LogP contribution < -0.4 is 5.32 Å². The highest BCUT2D eigenvalue weighted by Crippen LogP contribution is 2.14. The normalized spacial score (nSPS) is 10.0. The molecule has 0 heterocycles. The predicted molar refractivity (Wildman–Crippen MR) is 124 cm³/mol. The average molecular weight is 374 g/mol. The summed E-state index contributed by atoms with van der Waals surface area (Å²) >= 11 is 0. The molecule has 0 fully saturated rings. The van der Waals surface area contributed by atoms with Crippen LogP contribution in [0.3, 0.4) is 0 Å². The molecule has 0 spiro atoms. The molecule has 1 N–H and O–H groups in total. The first-order valence-electron chi connectivity index (χ1n) is 10.8. The molecule has 0 bridgehead atoms. The highest BCUT2D eigenvalue weighted by Gasteiger charge is 1.93. The molecule has 0 unspecified atom stereocenters. The van der Waals surface area contributed by atoms with Gasteiger partial charge >= 0.3 is 0 Å². The Morgan fingerprint density at radius 1 is 0.500 bits per heavy atom. The van der Waals surface area contributed by atoms with Crippen LogP contribution in [0, 0.1) is 0 Å². The molecule has 0 amide bonds. The van der Waals surface area contributed by atoms with E-state index in [1.165, 1.54) is 56.9 Å². The minimum absolute atomic E-state index is 1.12. The average Bonchev–Trinajstić information content (AvgIpc) is 2.76. The van der Waals surface area contributed by atoms with Gasteiger partial charge in [0.1, 0.15) is 0 Å². The van der Waals surface area contributed by atoms with Crippen LogP contribution in [-0.2, 0) is 6.42 Å². The molecule has 1 nitrogen and oxygen atoms in total. The molecule has 0 saturated heterocycles. The number of anilines is 2. The van der Waals surface area contributed by atoms with Crippen molar-refractivity contribution in [1.82, 2.24) is 0 Å². The number of para-hydroxylation sites is 2. The maximum absolute atomic E-state index is 3.30. The van der Waals surface area contributed by atoms with Gasteiger partial charge in [-0.15, -0.1) is 0 Å². The van der Waals surface area contributed by atoms with E-state index >= 15 is 0 Å². The van der Waals surface area contributed by atoms with Crippen LogP contribution in [0.2, 0.25) is 0 Å². The lowest BCUT2D eigenvalue weighted by Crippen LogP contribution is -1.87. The van der Waals surface area contributed by atoms with E-state index in [0.29, 0.717) is 0 Å². The van der Waals surface area contributed by atoms with Crippen LogP contribution in [-0.4, -0.2) is 0 Å². The van der Waals surface area contributed by atoms with Crippen molar-refractivity contribution >= 4 is 11.4 Å². The van der Waals surface area contributed by atoms with E-state index < -0.39 is 0 Å². The molecule has 0 atom stereocenters. The van der Waals surface area contributed by atoms with Crippen molar-refractivity contribution in [3.63, 3.8) is 0 Å². The summed E-state index contributed by atoms with van der Waals surface area (Å²) < 4.78 is 0. The predicted octanol–water partition coefficient (Wildman–Crippen LogP) is 8.41. The Bertz CT molecular complexity index is 670. The molecule has 0 aliphatic rings. The third-order valence-electron chi connectivity index (χ3n) is 4.75. The zero-order valence-corrected chi connectivity index (χ0v) is 17.3. The summed E-state index contributed by atoms with van der Waals surface area (Å²) in [4.78, 5) is 0. The van der Waals surface area contributed by atoms with Gasteiger partial charge in [-0.3, -0.25) is 0 Å². The van der Waals surface area contributed by atoms with Crippen molar-refractivity contribution in [3.8, 4) is 0 Å². The smallest absolute Gasteiger partial charge is 0.0384 e. The second-order valence-corrected chi connectivity index (χ2v) is 7.21. The zero-order chi connectivity index (χ0) is 19.7. The molecule has 0 radical (unpaired) electrons. The van der Waals surface area contributed by atoms with Crippen LogP contribution in [0.15, 0.2) is 91.0 Å². The van der Waals surface area contributed by atoms with Crippen molar-refractivity contribution in [2.24, 2.45) is 0 Å². The summed E-state index contributed by atoms with van der Waals surface area (Å²) in [5, 5.41) is 3.30. The molecule has 28 heavy (non-hydrogen) atoms. The van der Waals surface area contributed by atoms with Gasteiger partial charge in [0.25, 0.3) is 0 Å². The van der Waals surface area contributed by atoms with E-state index in [4.69, 9.17) is 0 Å². The van der Waals surface area contributed by atoms with E-state index in [1.54, 1.807) is 0 Å². The number of benzene rings is 3. The fourth-order valence-corrected chi connectivity index (χ4v) is 3.14. The van der Waals surface area contributed by atoms with Crippen LogP contribution in [0.5, 0.6) is 0 Å². The van der Waals surface area contributed by atoms with Gasteiger partial charge in [-0.05, 0) is 42.7 Å². The number of nitrogens with one attached hydrogen (secondary N) is 1. The van der Waals surface area contributed by atoms with E-state index in [-0.39, 0.29) is 0 Å². The molecule has 0 aliphatic carbocycles. The summed E-state index contributed by atoms with van der Waals surface area (Å²) in [5.74, 6) is 0. The summed E-state index contributed by atoms with van der Waals surface area (Å²) in [5.41, 5.74) is 3.73. The standard InChI is InChI=1S/C15H24.C12H11N/c1-2-3-4-5-6-7-9-12-15-13-10-8-11-14-15;1-3-7-11(8-4-1)13-12-9-5-2-6-10-12/h8,10-11,13-14H,2-7,9,12H2,1H3;1-10,13H. The number of hydrogen-bond acceptors (Lipinski definition) is 1. The summed E-state index contributed by atoms with van der Waals surface area (Å²) in [6, 6.07) is 31.1. The Kier molecular flexibility index (Phi) is 11.3. The highest BCUT2D eigenvalue weighted by atomic mass is 14.9. The topological polar surface area (TPSA) is 12.0 Å². The van der Waals surface area contributed by atoms with Gasteiger partial charge in [-0.2, -0.15) is 0 Å². The molecular formula is C27H35N. The Balaban J connectivity index is 0.000000202. The number of unbranched alkanes of at least 4 members (excludes halogenated alkanes) is 6.